The highest BCUT2D eigenvalue weighted by Gasteiger charge is 2.25. The summed E-state index contributed by atoms with van der Waals surface area (Å²) >= 11 is 0. The minimum Gasteiger partial charge on any atom is -0.461 e. The highest BCUT2D eigenvalue weighted by Crippen LogP contribution is 2.30. The minimum atomic E-state index is -4.53. The minimum absolute atomic E-state index is 0.104. The Bertz CT molecular complexity index is 1640. The van der Waals surface area contributed by atoms with E-state index < -0.39 is 37.4 Å². The van der Waals surface area contributed by atoms with E-state index in [0.717, 1.165) is 12.1 Å². The van der Waals surface area contributed by atoms with E-state index >= 15 is 0 Å². The number of carbonyl (C=O) groups is 2. The summed E-state index contributed by atoms with van der Waals surface area (Å²) in [5.41, 5.74) is 0.0912. The number of nitro groups is 1. The van der Waals surface area contributed by atoms with Gasteiger partial charge in [-0.1, -0.05) is 12.1 Å². The molecule has 34 heavy (non-hydrogen) atoms. The average Bonchev–Trinajstić information content (AvgIpc) is 3.21. The highest BCUT2D eigenvalue weighted by molar-refractivity contribution is 7.90. The van der Waals surface area contributed by atoms with Gasteiger partial charge in [0.15, 0.2) is 4.90 Å². The van der Waals surface area contributed by atoms with Crippen LogP contribution in [0.5, 0.6) is 0 Å². The number of para-hydroxylation sites is 1. The maximum absolute atomic E-state index is 13.0. The van der Waals surface area contributed by atoms with E-state index in [1.54, 1.807) is 6.92 Å². The maximum atomic E-state index is 13.0. The smallest absolute Gasteiger partial charge is 0.354 e. The number of hydrogen-bond donors (Lipinski definition) is 2. The Kier molecular flexibility index (Phi) is 5.71. The van der Waals surface area contributed by atoms with Gasteiger partial charge in [0.25, 0.3) is 15.7 Å². The van der Waals surface area contributed by atoms with Crippen LogP contribution in [-0.2, 0) is 19.6 Å². The predicted octanol–water partition coefficient (Wildman–Crippen LogP) is 2.49. The number of carbonyl (C=O) groups excluding carboxylic acids is 2. The quantitative estimate of drug-likeness (QED) is 0.239. The zero-order valence-electron chi connectivity index (χ0n) is 17.9. The molecule has 12 nitrogen and oxygen atoms in total. The van der Waals surface area contributed by atoms with Crippen LogP contribution in [0.15, 0.2) is 51.9 Å². The van der Waals surface area contributed by atoms with Crippen molar-refractivity contribution in [3.05, 3.63) is 63.8 Å². The number of sulfonamides is 1. The van der Waals surface area contributed by atoms with Crippen molar-refractivity contribution in [2.45, 2.75) is 18.7 Å². The van der Waals surface area contributed by atoms with Crippen molar-refractivity contribution in [1.82, 2.24) is 9.97 Å². The van der Waals surface area contributed by atoms with Crippen molar-refractivity contribution in [2.75, 3.05) is 11.9 Å². The third-order valence-corrected chi connectivity index (χ3v) is 6.16. The zero-order chi connectivity index (χ0) is 24.6. The Labute approximate surface area is 191 Å². The van der Waals surface area contributed by atoms with Crippen molar-refractivity contribution < 1.29 is 27.7 Å². The number of pyridine rings is 1. The van der Waals surface area contributed by atoms with Gasteiger partial charge in [0.05, 0.1) is 28.3 Å². The van der Waals surface area contributed by atoms with Gasteiger partial charge in [0, 0.05) is 30.0 Å². The van der Waals surface area contributed by atoms with E-state index in [-0.39, 0.29) is 28.9 Å². The number of nitro benzene ring substituents is 1. The second-order valence-corrected chi connectivity index (χ2v) is 8.70. The number of H-pyrrole nitrogens is 1. The number of amides is 1. The average molecular weight is 483 g/mol. The number of aromatic amines is 1. The lowest BCUT2D eigenvalue weighted by molar-refractivity contribution is -0.387. The monoisotopic (exact) mass is 483 g/mol. The summed E-state index contributed by atoms with van der Waals surface area (Å²) in [7, 11) is -4.53. The molecule has 2 heterocycles. The van der Waals surface area contributed by atoms with Crippen LogP contribution in [0.2, 0.25) is 0 Å². The number of aromatic nitrogens is 2. The summed E-state index contributed by atoms with van der Waals surface area (Å²) in [6, 6.07) is 7.59. The number of benzene rings is 2. The van der Waals surface area contributed by atoms with Crippen molar-refractivity contribution >= 4 is 55.1 Å². The van der Waals surface area contributed by atoms with E-state index in [4.69, 9.17) is 4.74 Å². The van der Waals surface area contributed by atoms with Crippen LogP contribution >= 0.6 is 0 Å². The number of esters is 1. The van der Waals surface area contributed by atoms with Gasteiger partial charge in [-0.25, -0.2) is 4.79 Å². The SMILES string of the molecule is CCOC(=O)c1cc2cnc3c(=NS(=O)(=O)c4ccccc4[N+](=O)[O-])cc(NC(C)=O)c([nH]1)c23. The second-order valence-electron chi connectivity index (χ2n) is 7.13. The lowest BCUT2D eigenvalue weighted by Gasteiger charge is -2.10. The van der Waals surface area contributed by atoms with Gasteiger partial charge in [0.1, 0.15) is 11.1 Å². The molecule has 1 amide bonds. The summed E-state index contributed by atoms with van der Waals surface area (Å²) in [6.45, 7) is 3.07. The Morgan fingerprint density at radius 2 is 2.00 bits per heavy atom. The molecule has 0 saturated heterocycles. The van der Waals surface area contributed by atoms with Gasteiger partial charge in [-0.05, 0) is 25.1 Å². The number of nitrogens with zero attached hydrogens (tertiary/aromatic N) is 3. The van der Waals surface area contributed by atoms with E-state index in [9.17, 15) is 28.1 Å². The molecule has 0 aliphatic carbocycles. The fraction of sp³-hybridized carbons (Fsp3) is 0.143. The first-order valence-electron chi connectivity index (χ1n) is 9.89. The van der Waals surface area contributed by atoms with Gasteiger partial charge in [-0.2, -0.15) is 12.8 Å². The van der Waals surface area contributed by atoms with Crippen molar-refractivity contribution in [2.24, 2.45) is 4.40 Å². The molecule has 0 aliphatic heterocycles. The molecular weight excluding hydrogens is 466 g/mol. The Hall–Kier alpha value is -4.39. The summed E-state index contributed by atoms with van der Waals surface area (Å²) in [6.07, 6.45) is 1.42. The van der Waals surface area contributed by atoms with Crippen molar-refractivity contribution in [3.8, 4) is 0 Å². The molecule has 0 saturated carbocycles. The first-order valence-corrected chi connectivity index (χ1v) is 11.3. The van der Waals surface area contributed by atoms with E-state index in [1.807, 2.05) is 0 Å². The number of nitrogens with one attached hydrogen (secondary N) is 2. The van der Waals surface area contributed by atoms with Crippen molar-refractivity contribution in [1.29, 1.82) is 0 Å². The lowest BCUT2D eigenvalue weighted by Crippen LogP contribution is -2.15. The third kappa shape index (κ3) is 4.03. The largest absolute Gasteiger partial charge is 0.461 e. The van der Waals surface area contributed by atoms with Crippen LogP contribution in [0.1, 0.15) is 24.3 Å². The molecule has 0 atom stereocenters. The van der Waals surface area contributed by atoms with E-state index in [0.29, 0.717) is 16.3 Å². The summed E-state index contributed by atoms with van der Waals surface area (Å²) in [5.74, 6) is -1.08. The molecular formula is C21H17N5O7S. The molecule has 2 aromatic heterocycles. The van der Waals surface area contributed by atoms with Crippen LogP contribution < -0.4 is 10.7 Å². The molecule has 13 heteroatoms. The second kappa shape index (κ2) is 8.51. The topological polar surface area (TPSA) is 174 Å². The van der Waals surface area contributed by atoms with Gasteiger partial charge in [-0.3, -0.25) is 19.9 Å². The fourth-order valence-electron chi connectivity index (χ4n) is 3.52. The lowest BCUT2D eigenvalue weighted by atomic mass is 10.1. The highest BCUT2D eigenvalue weighted by atomic mass is 32.2. The van der Waals surface area contributed by atoms with Crippen LogP contribution in [0.3, 0.4) is 0 Å². The molecule has 0 radical (unpaired) electrons. The molecule has 2 aromatic carbocycles. The molecule has 4 aromatic rings. The molecule has 2 N–H and O–H groups in total. The molecule has 174 valence electrons. The van der Waals surface area contributed by atoms with Crippen molar-refractivity contribution in [3.63, 3.8) is 0 Å². The van der Waals surface area contributed by atoms with Gasteiger partial charge >= 0.3 is 5.97 Å². The number of anilines is 1. The first-order chi connectivity index (χ1) is 16.1. The molecule has 0 unspecified atom stereocenters. The van der Waals surface area contributed by atoms with E-state index in [1.165, 1.54) is 37.4 Å². The van der Waals surface area contributed by atoms with Crippen LogP contribution in [-0.4, -0.2) is 41.8 Å². The van der Waals surface area contributed by atoms with Crippen LogP contribution in [0, 0.1) is 10.1 Å². The number of ether oxygens (including phenoxy) is 1. The molecule has 0 fully saturated rings. The zero-order valence-corrected chi connectivity index (χ0v) is 18.7. The Morgan fingerprint density at radius 1 is 1.26 bits per heavy atom. The normalized spacial score (nSPS) is 12.2. The fourth-order valence-corrected chi connectivity index (χ4v) is 4.67. The Balaban J connectivity index is 2.03. The number of rotatable bonds is 6. The van der Waals surface area contributed by atoms with Gasteiger partial charge in [0.2, 0.25) is 5.91 Å². The summed E-state index contributed by atoms with van der Waals surface area (Å²) < 4.78 is 34.9. The molecule has 0 spiro atoms. The summed E-state index contributed by atoms with van der Waals surface area (Å²) in [4.78, 5) is 41.2. The van der Waals surface area contributed by atoms with E-state index in [2.05, 4.69) is 19.7 Å². The first kappa shape index (κ1) is 22.8. The molecule has 4 rings (SSSR count). The summed E-state index contributed by atoms with van der Waals surface area (Å²) in [5, 5.41) is 14.7. The van der Waals surface area contributed by atoms with Crippen LogP contribution in [0.25, 0.3) is 21.8 Å². The Morgan fingerprint density at radius 3 is 2.68 bits per heavy atom. The molecule has 0 bridgehead atoms. The number of hydrogen-bond acceptors (Lipinski definition) is 8. The molecule has 0 aliphatic rings. The standard InChI is InChI=1S/C21H17N5O7S/c1-3-33-21(28)15-8-12-10-22-19-14(9-13(23-11(2)27)20(24-15)18(12)19)25-34(31,32)17-7-5-4-6-16(17)26(29)30/h4-10,24H,3H2,1-2H3,(H,23,27). The van der Waals surface area contributed by atoms with Crippen LogP contribution in [0.4, 0.5) is 11.4 Å². The third-order valence-electron chi connectivity index (χ3n) is 4.83. The van der Waals surface area contributed by atoms with Gasteiger partial charge in [-0.15, -0.1) is 0 Å². The maximum Gasteiger partial charge on any atom is 0.354 e. The van der Waals surface area contributed by atoms with Gasteiger partial charge < -0.3 is 15.0 Å². The predicted molar refractivity (Wildman–Crippen MR) is 121 cm³/mol.